The zero-order valence-corrected chi connectivity index (χ0v) is 13.4. The molecule has 3 rings (SSSR count). The van der Waals surface area contributed by atoms with E-state index in [0.29, 0.717) is 0 Å². The molecule has 0 aliphatic carbocycles. The van der Waals surface area contributed by atoms with E-state index < -0.39 is 0 Å². The van der Waals surface area contributed by atoms with Crippen molar-refractivity contribution in [1.82, 2.24) is 10.6 Å². The molecule has 0 amide bonds. The van der Waals surface area contributed by atoms with Gasteiger partial charge in [0.05, 0.1) is 5.70 Å². The van der Waals surface area contributed by atoms with Gasteiger partial charge in [0.15, 0.2) is 0 Å². The van der Waals surface area contributed by atoms with Crippen molar-refractivity contribution in [3.05, 3.63) is 114 Å². The highest BCUT2D eigenvalue weighted by atomic mass is 19.1. The van der Waals surface area contributed by atoms with Crippen LogP contribution in [0.3, 0.4) is 0 Å². The molecule has 0 radical (unpaired) electrons. The second-order valence-corrected chi connectivity index (χ2v) is 5.67. The minimum atomic E-state index is -0.219. The first-order valence-corrected chi connectivity index (χ1v) is 7.74. The highest BCUT2D eigenvalue weighted by Crippen LogP contribution is 2.21. The molecule has 0 atom stereocenters. The predicted molar refractivity (Wildman–Crippen MR) is 97.3 cm³/mol. The third-order valence-electron chi connectivity index (χ3n) is 3.82. The van der Waals surface area contributed by atoms with Gasteiger partial charge in [-0.15, -0.1) is 0 Å². The van der Waals surface area contributed by atoms with Gasteiger partial charge in [0.1, 0.15) is 5.82 Å². The summed E-state index contributed by atoms with van der Waals surface area (Å²) in [5.74, 6) is -0.219. The van der Waals surface area contributed by atoms with Crippen molar-refractivity contribution in [2.45, 2.75) is 6.42 Å². The molecule has 2 aromatic rings. The fraction of sp³-hybridized carbons (Fsp3) is 0.0476. The summed E-state index contributed by atoms with van der Waals surface area (Å²) in [4.78, 5) is 0. The Hall–Kier alpha value is -3.07. The average Bonchev–Trinajstić information content (AvgIpc) is 2.59. The number of nitrogens with one attached hydrogen (secondary N) is 2. The number of hydrogen-bond acceptors (Lipinski definition) is 2. The summed E-state index contributed by atoms with van der Waals surface area (Å²) in [6.45, 7) is 7.99. The van der Waals surface area contributed by atoms with Crippen molar-refractivity contribution in [2.24, 2.45) is 0 Å². The standard InChI is InChI=1S/C21H19FN2/c1-15-7-12-20(14-23-15)24-16(2)21-6-4-3-5-18(21)13-17-8-10-19(22)11-9-17/h3-12,14,23-24H,1-2,13H2. The molecule has 0 spiro atoms. The van der Waals surface area contributed by atoms with Gasteiger partial charge in [-0.3, -0.25) is 0 Å². The zero-order chi connectivity index (χ0) is 16.9. The van der Waals surface area contributed by atoms with Crippen molar-refractivity contribution < 1.29 is 4.39 Å². The van der Waals surface area contributed by atoms with Crippen molar-refractivity contribution in [3.8, 4) is 0 Å². The van der Waals surface area contributed by atoms with Crippen molar-refractivity contribution in [1.29, 1.82) is 0 Å². The van der Waals surface area contributed by atoms with Gasteiger partial charge in [-0.2, -0.15) is 0 Å². The molecule has 0 unspecified atom stereocenters. The molecular formula is C21H19FN2. The van der Waals surface area contributed by atoms with E-state index in [9.17, 15) is 4.39 Å². The Morgan fingerprint density at radius 2 is 1.79 bits per heavy atom. The van der Waals surface area contributed by atoms with Crippen LogP contribution in [0.25, 0.3) is 5.70 Å². The number of rotatable bonds is 5. The molecule has 24 heavy (non-hydrogen) atoms. The Labute approximate surface area is 141 Å². The number of halogens is 1. The van der Waals surface area contributed by atoms with Crippen LogP contribution in [0, 0.1) is 5.82 Å². The molecule has 2 nitrogen and oxygen atoms in total. The summed E-state index contributed by atoms with van der Waals surface area (Å²) in [5, 5.41) is 6.37. The van der Waals surface area contributed by atoms with E-state index in [1.54, 1.807) is 0 Å². The van der Waals surface area contributed by atoms with Gasteiger partial charge in [0.25, 0.3) is 0 Å². The van der Waals surface area contributed by atoms with Gasteiger partial charge < -0.3 is 10.6 Å². The molecule has 0 aromatic heterocycles. The third kappa shape index (κ3) is 3.82. The van der Waals surface area contributed by atoms with E-state index in [4.69, 9.17) is 0 Å². The van der Waals surface area contributed by atoms with Crippen LogP contribution in [0.2, 0.25) is 0 Å². The second-order valence-electron chi connectivity index (χ2n) is 5.67. The van der Waals surface area contributed by atoms with Crippen LogP contribution < -0.4 is 10.6 Å². The highest BCUT2D eigenvalue weighted by molar-refractivity contribution is 5.67. The molecule has 1 aliphatic heterocycles. The maximum Gasteiger partial charge on any atom is 0.123 e. The molecule has 120 valence electrons. The molecule has 3 heteroatoms. The lowest BCUT2D eigenvalue weighted by molar-refractivity contribution is 0.627. The lowest BCUT2D eigenvalue weighted by Gasteiger charge is -2.17. The lowest BCUT2D eigenvalue weighted by Crippen LogP contribution is -2.17. The number of hydrogen-bond donors (Lipinski definition) is 2. The van der Waals surface area contributed by atoms with Gasteiger partial charge in [-0.25, -0.2) is 4.39 Å². The van der Waals surface area contributed by atoms with Gasteiger partial charge in [0, 0.05) is 23.2 Å². The van der Waals surface area contributed by atoms with Crippen LogP contribution >= 0.6 is 0 Å². The molecule has 1 heterocycles. The molecule has 0 fully saturated rings. The smallest absolute Gasteiger partial charge is 0.123 e. The normalized spacial score (nSPS) is 13.2. The third-order valence-corrected chi connectivity index (χ3v) is 3.82. The zero-order valence-electron chi connectivity index (χ0n) is 13.4. The van der Waals surface area contributed by atoms with Crippen molar-refractivity contribution in [3.63, 3.8) is 0 Å². The van der Waals surface area contributed by atoms with Gasteiger partial charge in [-0.05, 0) is 41.8 Å². The Morgan fingerprint density at radius 1 is 1.04 bits per heavy atom. The summed E-state index contributed by atoms with van der Waals surface area (Å²) in [6.07, 6.45) is 6.43. The Balaban J connectivity index is 1.78. The molecule has 0 bridgehead atoms. The van der Waals surface area contributed by atoms with E-state index >= 15 is 0 Å². The summed E-state index contributed by atoms with van der Waals surface area (Å²) in [7, 11) is 0. The van der Waals surface area contributed by atoms with E-state index in [0.717, 1.165) is 40.2 Å². The number of dihydropyridines is 1. The summed E-state index contributed by atoms with van der Waals surface area (Å²) >= 11 is 0. The Kier molecular flexibility index (Phi) is 4.62. The lowest BCUT2D eigenvalue weighted by atomic mass is 9.98. The van der Waals surface area contributed by atoms with Crippen LogP contribution in [-0.4, -0.2) is 0 Å². The van der Waals surface area contributed by atoms with Gasteiger partial charge in [0.2, 0.25) is 0 Å². The Morgan fingerprint density at radius 3 is 2.50 bits per heavy atom. The predicted octanol–water partition coefficient (Wildman–Crippen LogP) is 4.49. The highest BCUT2D eigenvalue weighted by Gasteiger charge is 2.08. The first-order valence-electron chi connectivity index (χ1n) is 7.74. The Bertz CT molecular complexity index is 829. The fourth-order valence-electron chi connectivity index (χ4n) is 2.57. The molecule has 2 aromatic carbocycles. The second kappa shape index (κ2) is 7.01. The SMILES string of the molecule is C=C1C=CC(NC(=C)c2ccccc2Cc2ccc(F)cc2)=CN1. The van der Waals surface area contributed by atoms with Crippen LogP contribution in [-0.2, 0) is 6.42 Å². The molecule has 2 N–H and O–H groups in total. The molecule has 0 saturated carbocycles. The van der Waals surface area contributed by atoms with Crippen LogP contribution in [0.1, 0.15) is 16.7 Å². The quantitative estimate of drug-likeness (QED) is 0.848. The van der Waals surface area contributed by atoms with Crippen LogP contribution in [0.5, 0.6) is 0 Å². The maximum atomic E-state index is 13.1. The van der Waals surface area contributed by atoms with Crippen LogP contribution in [0.4, 0.5) is 4.39 Å². The number of benzene rings is 2. The average molecular weight is 318 g/mol. The first-order chi connectivity index (χ1) is 11.6. The molecule has 0 saturated heterocycles. The summed E-state index contributed by atoms with van der Waals surface area (Å²) in [6, 6.07) is 14.7. The van der Waals surface area contributed by atoms with E-state index in [1.165, 1.54) is 12.1 Å². The van der Waals surface area contributed by atoms with Crippen molar-refractivity contribution >= 4 is 5.70 Å². The monoisotopic (exact) mass is 318 g/mol. The van der Waals surface area contributed by atoms with Crippen LogP contribution in [0.15, 0.2) is 91.4 Å². The van der Waals surface area contributed by atoms with Gasteiger partial charge in [-0.1, -0.05) is 49.6 Å². The first kappa shape index (κ1) is 15.8. The fourth-order valence-corrected chi connectivity index (χ4v) is 2.57. The maximum absolute atomic E-state index is 13.1. The molecular weight excluding hydrogens is 299 g/mol. The number of allylic oxidation sites excluding steroid dienone is 2. The molecule has 1 aliphatic rings. The minimum absolute atomic E-state index is 0.219. The van der Waals surface area contributed by atoms with Gasteiger partial charge >= 0.3 is 0 Å². The largest absolute Gasteiger partial charge is 0.360 e. The van der Waals surface area contributed by atoms with E-state index in [2.05, 4.69) is 29.9 Å². The topological polar surface area (TPSA) is 24.1 Å². The van der Waals surface area contributed by atoms with E-state index in [-0.39, 0.29) is 5.82 Å². The van der Waals surface area contributed by atoms with E-state index in [1.807, 2.05) is 48.7 Å². The summed E-state index contributed by atoms with van der Waals surface area (Å²) in [5.41, 5.74) is 5.83. The summed E-state index contributed by atoms with van der Waals surface area (Å²) < 4.78 is 13.1. The van der Waals surface area contributed by atoms with Crippen molar-refractivity contribution in [2.75, 3.05) is 0 Å². The minimum Gasteiger partial charge on any atom is -0.360 e.